The normalized spacial score (nSPS) is 10.3. The molecule has 0 radical (unpaired) electrons. The lowest BCUT2D eigenvalue weighted by atomic mass is 10.2. The number of rotatable bonds is 5. The first kappa shape index (κ1) is 20.2. The monoisotopic (exact) mass is 354 g/mol. The number of amides is 1. The zero-order valence-electron chi connectivity index (χ0n) is 11.2. The Morgan fingerprint density at radius 1 is 1.32 bits per heavy atom. The molecule has 6 nitrogen and oxygen atoms in total. The minimum atomic E-state index is -3.15. The van der Waals surface area contributed by atoms with Crippen LogP contribution in [0.15, 0.2) is 35.1 Å². The fourth-order valence-electron chi connectivity index (χ4n) is 1.41. The highest BCUT2D eigenvalue weighted by molar-refractivity contribution is 5.93. The minimum Gasteiger partial charge on any atom is -0.355 e. The predicted molar refractivity (Wildman–Crippen MR) is 80.6 cm³/mol. The number of nitrogens with zero attached hydrogens (tertiary/aromatic N) is 2. The maximum absolute atomic E-state index is 12.9. The van der Waals surface area contributed by atoms with Crippen LogP contribution in [-0.4, -0.2) is 35.1 Å². The van der Waals surface area contributed by atoms with Gasteiger partial charge in [0.1, 0.15) is 0 Å². The summed E-state index contributed by atoms with van der Waals surface area (Å²) in [6.45, 7) is -1.69. The number of carbonyl (C=O) groups is 1. The van der Waals surface area contributed by atoms with E-state index in [-0.39, 0.29) is 30.5 Å². The zero-order chi connectivity index (χ0) is 14.6. The van der Waals surface area contributed by atoms with Crippen molar-refractivity contribution in [2.45, 2.75) is 5.92 Å². The average Bonchev–Trinajstić information content (AvgIpc) is 2.96. The molecule has 0 bridgehead atoms. The van der Waals surface area contributed by atoms with Gasteiger partial charge in [0.05, 0.1) is 13.1 Å². The van der Waals surface area contributed by atoms with E-state index in [1.807, 2.05) is 0 Å². The standard InChI is InChI=1S/C12H12F2N4O2.2ClH/c13-12(14,6-15)7-17-11(19)9-5-10(20-18-9)8-1-3-16-4-2-8;;/h1-5H,6-7,15H2,(H,17,19);2*1H. The molecule has 0 fully saturated rings. The third-order valence-electron chi connectivity index (χ3n) is 2.51. The number of nitrogens with two attached hydrogens (primary N) is 1. The first-order valence-corrected chi connectivity index (χ1v) is 5.75. The lowest BCUT2D eigenvalue weighted by molar-refractivity contribution is 0.0117. The van der Waals surface area contributed by atoms with E-state index in [1.54, 1.807) is 24.5 Å². The van der Waals surface area contributed by atoms with Crippen LogP contribution < -0.4 is 11.1 Å². The van der Waals surface area contributed by atoms with Crippen molar-refractivity contribution in [3.8, 4) is 11.3 Å². The van der Waals surface area contributed by atoms with Crippen molar-refractivity contribution in [1.29, 1.82) is 0 Å². The Morgan fingerprint density at radius 3 is 2.55 bits per heavy atom. The number of halogens is 4. The number of pyridine rings is 1. The topological polar surface area (TPSA) is 94.0 Å². The highest BCUT2D eigenvalue weighted by Gasteiger charge is 2.28. The van der Waals surface area contributed by atoms with Crippen LogP contribution in [0.5, 0.6) is 0 Å². The third kappa shape index (κ3) is 5.21. The summed E-state index contributed by atoms with van der Waals surface area (Å²) in [5, 5.41) is 5.59. The predicted octanol–water partition coefficient (Wildman–Crippen LogP) is 1.90. The molecule has 0 unspecified atom stereocenters. The van der Waals surface area contributed by atoms with Crippen LogP contribution in [0.25, 0.3) is 11.3 Å². The summed E-state index contributed by atoms with van der Waals surface area (Å²) in [4.78, 5) is 15.5. The number of hydrogen-bond donors (Lipinski definition) is 2. The fraction of sp³-hybridized carbons (Fsp3) is 0.250. The van der Waals surface area contributed by atoms with Gasteiger partial charge in [-0.15, -0.1) is 24.8 Å². The van der Waals surface area contributed by atoms with Crippen LogP contribution in [-0.2, 0) is 0 Å². The Balaban J connectivity index is 0.00000220. The molecule has 122 valence electrons. The summed E-state index contributed by atoms with van der Waals surface area (Å²) in [6, 6.07) is 4.71. The molecular weight excluding hydrogens is 341 g/mol. The van der Waals surface area contributed by atoms with Gasteiger partial charge >= 0.3 is 0 Å². The lowest BCUT2D eigenvalue weighted by Crippen LogP contribution is -2.41. The Morgan fingerprint density at radius 2 is 1.95 bits per heavy atom. The van der Waals surface area contributed by atoms with E-state index in [1.165, 1.54) is 6.07 Å². The van der Waals surface area contributed by atoms with Gasteiger partial charge in [0, 0.05) is 24.0 Å². The summed E-state index contributed by atoms with van der Waals surface area (Å²) in [6.07, 6.45) is 3.11. The van der Waals surface area contributed by atoms with Crippen LogP contribution in [0.3, 0.4) is 0 Å². The maximum Gasteiger partial charge on any atom is 0.277 e. The van der Waals surface area contributed by atoms with E-state index in [9.17, 15) is 13.6 Å². The van der Waals surface area contributed by atoms with Gasteiger partial charge in [0.2, 0.25) is 0 Å². The molecule has 10 heteroatoms. The molecule has 0 aliphatic heterocycles. The van der Waals surface area contributed by atoms with Gasteiger partial charge in [-0.05, 0) is 12.1 Å². The van der Waals surface area contributed by atoms with Crippen molar-refractivity contribution in [2.75, 3.05) is 13.1 Å². The van der Waals surface area contributed by atoms with Gasteiger partial charge in [0.15, 0.2) is 11.5 Å². The zero-order valence-corrected chi connectivity index (χ0v) is 12.8. The van der Waals surface area contributed by atoms with Crippen molar-refractivity contribution < 1.29 is 18.1 Å². The first-order valence-electron chi connectivity index (χ1n) is 5.75. The van der Waals surface area contributed by atoms with Crippen molar-refractivity contribution in [2.24, 2.45) is 5.73 Å². The highest BCUT2D eigenvalue weighted by Crippen LogP contribution is 2.19. The third-order valence-corrected chi connectivity index (χ3v) is 2.51. The molecule has 2 heterocycles. The van der Waals surface area contributed by atoms with Crippen LogP contribution in [0.2, 0.25) is 0 Å². The van der Waals surface area contributed by atoms with Gasteiger partial charge in [-0.2, -0.15) is 0 Å². The summed E-state index contributed by atoms with van der Waals surface area (Å²) >= 11 is 0. The SMILES string of the molecule is Cl.Cl.NCC(F)(F)CNC(=O)c1cc(-c2ccncc2)on1. The van der Waals surface area contributed by atoms with Crippen LogP contribution in [0, 0.1) is 0 Å². The first-order chi connectivity index (χ1) is 9.52. The Bertz CT molecular complexity index is 596. The van der Waals surface area contributed by atoms with E-state index >= 15 is 0 Å². The van der Waals surface area contributed by atoms with E-state index in [4.69, 9.17) is 10.3 Å². The lowest BCUT2D eigenvalue weighted by Gasteiger charge is -2.13. The van der Waals surface area contributed by atoms with Crippen molar-refractivity contribution in [3.05, 3.63) is 36.3 Å². The Kier molecular flexibility index (Phi) is 7.93. The number of nitrogens with one attached hydrogen (secondary N) is 1. The van der Waals surface area contributed by atoms with Gasteiger partial charge in [0.25, 0.3) is 11.8 Å². The van der Waals surface area contributed by atoms with Crippen molar-refractivity contribution in [3.63, 3.8) is 0 Å². The average molecular weight is 355 g/mol. The molecular formula is C12H14Cl2F2N4O2. The molecule has 0 aliphatic rings. The largest absolute Gasteiger partial charge is 0.355 e. The van der Waals surface area contributed by atoms with Crippen molar-refractivity contribution >= 4 is 30.7 Å². The summed E-state index contributed by atoms with van der Waals surface area (Å²) in [7, 11) is 0. The Labute approximate surface area is 137 Å². The van der Waals surface area contributed by atoms with E-state index in [0.717, 1.165) is 0 Å². The molecule has 2 rings (SSSR count). The van der Waals surface area contributed by atoms with Gasteiger partial charge in [-0.1, -0.05) is 5.16 Å². The molecule has 0 saturated heterocycles. The second-order valence-electron chi connectivity index (χ2n) is 4.06. The number of alkyl halides is 2. The summed E-state index contributed by atoms with van der Waals surface area (Å²) in [5.74, 6) is -3.54. The number of hydrogen-bond acceptors (Lipinski definition) is 5. The van der Waals surface area contributed by atoms with Gasteiger partial charge in [-0.3, -0.25) is 9.78 Å². The van der Waals surface area contributed by atoms with E-state index in [0.29, 0.717) is 11.3 Å². The van der Waals surface area contributed by atoms with Gasteiger partial charge in [-0.25, -0.2) is 8.78 Å². The van der Waals surface area contributed by atoms with Crippen LogP contribution in [0.4, 0.5) is 8.78 Å². The minimum absolute atomic E-state index is 0. The molecule has 0 saturated carbocycles. The molecule has 0 aliphatic carbocycles. The number of aromatic nitrogens is 2. The van der Waals surface area contributed by atoms with Crippen LogP contribution >= 0.6 is 24.8 Å². The molecule has 0 atom stereocenters. The Hall–Kier alpha value is -1.77. The molecule has 3 N–H and O–H groups in total. The van der Waals surface area contributed by atoms with E-state index in [2.05, 4.69) is 15.5 Å². The quantitative estimate of drug-likeness (QED) is 0.855. The van der Waals surface area contributed by atoms with E-state index < -0.39 is 24.9 Å². The molecule has 0 aromatic carbocycles. The number of carbonyl (C=O) groups excluding carboxylic acids is 1. The second-order valence-corrected chi connectivity index (χ2v) is 4.06. The maximum atomic E-state index is 12.9. The summed E-state index contributed by atoms with van der Waals surface area (Å²) < 4.78 is 30.8. The molecule has 22 heavy (non-hydrogen) atoms. The summed E-state index contributed by atoms with van der Waals surface area (Å²) in [5.41, 5.74) is 5.47. The molecule has 2 aromatic heterocycles. The highest BCUT2D eigenvalue weighted by atomic mass is 35.5. The molecule has 2 aromatic rings. The molecule has 0 spiro atoms. The second kappa shape index (κ2) is 8.62. The van der Waals surface area contributed by atoms with Crippen molar-refractivity contribution in [1.82, 2.24) is 15.5 Å². The molecule has 1 amide bonds. The van der Waals surface area contributed by atoms with Gasteiger partial charge < -0.3 is 15.6 Å². The fourth-order valence-corrected chi connectivity index (χ4v) is 1.41. The van der Waals surface area contributed by atoms with Crippen LogP contribution in [0.1, 0.15) is 10.5 Å². The smallest absolute Gasteiger partial charge is 0.277 e.